The number of piperazine rings is 1. The van der Waals surface area contributed by atoms with E-state index in [1.54, 1.807) is 11.8 Å². The molecule has 0 aliphatic carbocycles. The number of anilines is 2. The number of halogens is 3. The second kappa shape index (κ2) is 14.1. The minimum atomic E-state index is -4.79. The third kappa shape index (κ3) is 7.58. The predicted octanol–water partition coefficient (Wildman–Crippen LogP) is 6.29. The normalized spacial score (nSPS) is 16.2. The number of nitrogens with zero attached hydrogens (tertiary/aromatic N) is 4. The van der Waals surface area contributed by atoms with Crippen LogP contribution in [0.15, 0.2) is 58.5 Å². The van der Waals surface area contributed by atoms with Crippen LogP contribution < -0.4 is 10.2 Å². The van der Waals surface area contributed by atoms with Gasteiger partial charge in [0.25, 0.3) is 11.8 Å². The summed E-state index contributed by atoms with van der Waals surface area (Å²) < 4.78 is 40.2. The monoisotopic (exact) mass is 613 g/mol. The Hall–Kier alpha value is -3.82. The molecule has 0 bridgehead atoms. The number of para-hydroxylation sites is 1. The van der Waals surface area contributed by atoms with E-state index in [2.05, 4.69) is 10.2 Å². The van der Waals surface area contributed by atoms with Crippen LogP contribution in [0.5, 0.6) is 0 Å². The van der Waals surface area contributed by atoms with E-state index in [9.17, 15) is 27.6 Å². The highest BCUT2D eigenvalue weighted by Crippen LogP contribution is 2.37. The molecule has 0 aromatic heterocycles. The van der Waals surface area contributed by atoms with Crippen molar-refractivity contribution in [2.75, 3.05) is 49.2 Å². The van der Waals surface area contributed by atoms with Crippen LogP contribution >= 0.6 is 11.8 Å². The van der Waals surface area contributed by atoms with Crippen LogP contribution in [0.1, 0.15) is 50.2 Å². The van der Waals surface area contributed by atoms with Crippen LogP contribution in [0.3, 0.4) is 0 Å². The maximum atomic E-state index is 13.4. The fourth-order valence-corrected chi connectivity index (χ4v) is 5.88. The average molecular weight is 614 g/mol. The molecule has 43 heavy (non-hydrogen) atoms. The van der Waals surface area contributed by atoms with E-state index < -0.39 is 29.1 Å². The van der Waals surface area contributed by atoms with Gasteiger partial charge in [0.2, 0.25) is 0 Å². The Kier molecular flexibility index (Phi) is 10.5. The lowest BCUT2D eigenvalue weighted by Crippen LogP contribution is -2.50. The molecule has 1 saturated heterocycles. The maximum absolute atomic E-state index is 13.4. The van der Waals surface area contributed by atoms with Crippen LogP contribution in [0.2, 0.25) is 0 Å². The van der Waals surface area contributed by atoms with Gasteiger partial charge in [0.05, 0.1) is 28.6 Å². The van der Waals surface area contributed by atoms with E-state index in [1.165, 1.54) is 19.1 Å². The summed E-state index contributed by atoms with van der Waals surface area (Å²) in [6.07, 6.45) is 0.938. The topological polar surface area (TPSA) is 96.8 Å². The Balaban J connectivity index is 1.19. The number of hydrogen-bond donors (Lipinski definition) is 1. The number of rotatable bonds is 10. The fourth-order valence-electron chi connectivity index (χ4n) is 5.32. The van der Waals surface area contributed by atoms with E-state index in [-0.39, 0.29) is 17.3 Å². The van der Waals surface area contributed by atoms with Crippen molar-refractivity contribution in [1.29, 1.82) is 5.26 Å². The van der Waals surface area contributed by atoms with Crippen molar-refractivity contribution in [3.8, 4) is 6.07 Å². The van der Waals surface area contributed by atoms with Crippen molar-refractivity contribution in [1.82, 2.24) is 9.80 Å². The molecule has 0 atom stereocenters. The third-order valence-electron chi connectivity index (χ3n) is 7.78. The molecule has 1 fully saturated rings. The Morgan fingerprint density at radius 1 is 1.00 bits per heavy atom. The lowest BCUT2D eigenvalue weighted by Gasteiger charge is -2.34. The SMILES string of the molecule is CSc1ccccc1NC(=O)N1CCN(CCCCCCC2=C(C)C(=O)N(c3ccc(C#N)c(C(F)(F)F)c3)C2=O)CC1. The van der Waals surface area contributed by atoms with Gasteiger partial charge in [0.15, 0.2) is 0 Å². The van der Waals surface area contributed by atoms with Crippen molar-refractivity contribution in [2.24, 2.45) is 0 Å². The number of benzene rings is 2. The number of hydrogen-bond acceptors (Lipinski definition) is 6. The molecule has 2 aliphatic rings. The van der Waals surface area contributed by atoms with E-state index in [0.717, 1.165) is 60.4 Å². The molecule has 8 nitrogen and oxygen atoms in total. The molecule has 4 rings (SSSR count). The summed E-state index contributed by atoms with van der Waals surface area (Å²) in [5.74, 6) is -1.25. The Morgan fingerprint density at radius 3 is 2.37 bits per heavy atom. The van der Waals surface area contributed by atoms with Crippen LogP contribution in [0.4, 0.5) is 29.3 Å². The number of urea groups is 1. The molecule has 0 saturated carbocycles. The Labute approximate surface area is 253 Å². The van der Waals surface area contributed by atoms with Crippen LogP contribution in [-0.4, -0.2) is 66.6 Å². The molecule has 2 heterocycles. The zero-order valence-corrected chi connectivity index (χ0v) is 25.0. The van der Waals surface area contributed by atoms with Crippen molar-refractivity contribution >= 4 is 41.0 Å². The van der Waals surface area contributed by atoms with Gasteiger partial charge < -0.3 is 10.2 Å². The summed E-state index contributed by atoms with van der Waals surface area (Å²) in [5, 5.41) is 12.0. The molecule has 0 spiro atoms. The predicted molar refractivity (Wildman–Crippen MR) is 160 cm³/mol. The second-order valence-corrected chi connectivity index (χ2v) is 11.4. The summed E-state index contributed by atoms with van der Waals surface area (Å²) in [6.45, 7) is 5.31. The van der Waals surface area contributed by atoms with Gasteiger partial charge in [-0.3, -0.25) is 14.5 Å². The van der Waals surface area contributed by atoms with Gasteiger partial charge in [-0.1, -0.05) is 25.0 Å². The van der Waals surface area contributed by atoms with Gasteiger partial charge in [0.1, 0.15) is 0 Å². The number of nitriles is 1. The molecule has 4 amide bonds. The van der Waals surface area contributed by atoms with Gasteiger partial charge in [-0.15, -0.1) is 11.8 Å². The average Bonchev–Trinajstić information content (AvgIpc) is 3.21. The third-order valence-corrected chi connectivity index (χ3v) is 8.58. The number of nitrogens with one attached hydrogen (secondary N) is 1. The lowest BCUT2D eigenvalue weighted by atomic mass is 10.0. The number of thioether (sulfide) groups is 1. The zero-order chi connectivity index (χ0) is 31.1. The second-order valence-electron chi connectivity index (χ2n) is 10.5. The highest BCUT2D eigenvalue weighted by molar-refractivity contribution is 7.98. The molecular weight excluding hydrogens is 579 g/mol. The minimum Gasteiger partial charge on any atom is -0.322 e. The first kappa shape index (κ1) is 32.1. The van der Waals surface area contributed by atoms with Gasteiger partial charge in [-0.2, -0.15) is 18.4 Å². The number of alkyl halides is 3. The maximum Gasteiger partial charge on any atom is 0.417 e. The lowest BCUT2D eigenvalue weighted by molar-refractivity contribution is -0.138. The van der Waals surface area contributed by atoms with Crippen molar-refractivity contribution in [2.45, 2.75) is 50.1 Å². The van der Waals surface area contributed by atoms with Crippen LogP contribution in [0.25, 0.3) is 0 Å². The smallest absolute Gasteiger partial charge is 0.322 e. The molecule has 2 aromatic carbocycles. The summed E-state index contributed by atoms with van der Waals surface area (Å²) >= 11 is 1.59. The van der Waals surface area contributed by atoms with Crippen LogP contribution in [-0.2, 0) is 15.8 Å². The quantitative estimate of drug-likeness (QED) is 0.192. The van der Waals surface area contributed by atoms with Gasteiger partial charge in [-0.25, -0.2) is 9.69 Å². The van der Waals surface area contributed by atoms with Gasteiger partial charge >= 0.3 is 12.2 Å². The molecule has 0 radical (unpaired) electrons. The first-order chi connectivity index (χ1) is 20.5. The Morgan fingerprint density at radius 2 is 1.70 bits per heavy atom. The summed E-state index contributed by atoms with van der Waals surface area (Å²) in [5.41, 5.74) is -0.576. The van der Waals surface area contributed by atoms with E-state index in [0.29, 0.717) is 37.6 Å². The number of imide groups is 1. The van der Waals surface area contributed by atoms with Gasteiger partial charge in [-0.05, 0) is 69.3 Å². The molecule has 0 unspecified atom stereocenters. The summed E-state index contributed by atoms with van der Waals surface area (Å²) in [6, 6.07) is 12.0. The highest BCUT2D eigenvalue weighted by atomic mass is 32.2. The molecule has 12 heteroatoms. The van der Waals surface area contributed by atoms with E-state index in [1.807, 2.05) is 35.4 Å². The molecular formula is C31H34F3N5O3S. The molecule has 228 valence electrons. The zero-order valence-electron chi connectivity index (χ0n) is 24.2. The largest absolute Gasteiger partial charge is 0.417 e. The Bertz CT molecular complexity index is 1440. The van der Waals surface area contributed by atoms with Crippen LogP contribution in [0, 0.1) is 11.3 Å². The summed E-state index contributed by atoms with van der Waals surface area (Å²) in [4.78, 5) is 44.5. The van der Waals surface area contributed by atoms with Crippen molar-refractivity contribution < 1.29 is 27.6 Å². The summed E-state index contributed by atoms with van der Waals surface area (Å²) in [7, 11) is 0. The molecule has 2 aromatic rings. The number of unbranched alkanes of at least 4 members (excludes halogenated alkanes) is 3. The van der Waals surface area contributed by atoms with E-state index >= 15 is 0 Å². The number of carbonyl (C=O) groups is 3. The first-order valence-corrected chi connectivity index (χ1v) is 15.4. The van der Waals surface area contributed by atoms with Crippen molar-refractivity contribution in [3.63, 3.8) is 0 Å². The van der Waals surface area contributed by atoms with Gasteiger partial charge in [0, 0.05) is 42.2 Å². The number of amides is 4. The minimum absolute atomic E-state index is 0.0933. The van der Waals surface area contributed by atoms with E-state index in [4.69, 9.17) is 5.26 Å². The molecule has 2 aliphatic heterocycles. The highest BCUT2D eigenvalue weighted by Gasteiger charge is 2.39. The number of carbonyl (C=O) groups excluding carboxylic acids is 3. The van der Waals surface area contributed by atoms with Crippen molar-refractivity contribution in [3.05, 3.63) is 64.7 Å². The fraction of sp³-hybridized carbons (Fsp3) is 0.419. The first-order valence-electron chi connectivity index (χ1n) is 14.2. The standard InChI is InChI=1S/C31H34F3N5O3S/c1-21-24(29(41)39(28(21)40)23-13-12-22(20-35)25(19-23)31(32,33)34)9-5-3-4-8-14-37-15-17-38(18-16-37)30(42)36-26-10-6-7-11-27(26)43-2/h6-7,10-13,19H,3-5,8-9,14-18H2,1-2H3,(H,36,42). The molecule has 1 N–H and O–H groups in total.